The monoisotopic (exact) mass is 284 g/mol. The first-order valence-corrected chi connectivity index (χ1v) is 6.39. The molecule has 0 fully saturated rings. The van der Waals surface area contributed by atoms with E-state index in [4.69, 9.17) is 46.4 Å². The van der Waals surface area contributed by atoms with Gasteiger partial charge in [-0.1, -0.05) is 36.2 Å². The Morgan fingerprint density at radius 1 is 1.07 bits per heavy atom. The van der Waals surface area contributed by atoms with Crippen molar-refractivity contribution < 1.29 is 0 Å². The molecule has 0 aliphatic rings. The number of halogens is 4. The number of hydrogen-bond acceptors (Lipinski definition) is 0. The highest BCUT2D eigenvalue weighted by Gasteiger charge is 2.22. The number of hydrogen-bond donors (Lipinski definition) is 0. The average molecular weight is 286 g/mol. The molecule has 4 heteroatoms. The van der Waals surface area contributed by atoms with E-state index in [9.17, 15) is 0 Å². The Balaban J connectivity index is 2.85. The third-order valence-electron chi connectivity index (χ3n) is 2.26. The van der Waals surface area contributed by atoms with E-state index in [-0.39, 0.29) is 5.41 Å². The maximum atomic E-state index is 5.93. The Morgan fingerprint density at radius 2 is 1.67 bits per heavy atom. The molecular weight excluding hydrogens is 274 g/mol. The lowest BCUT2D eigenvalue weighted by Gasteiger charge is -2.24. The molecule has 1 aromatic rings. The molecule has 0 atom stereocenters. The van der Waals surface area contributed by atoms with Crippen LogP contribution in [0.2, 0.25) is 10.0 Å². The molecule has 1 aromatic carbocycles. The van der Waals surface area contributed by atoms with Gasteiger partial charge in [0.25, 0.3) is 0 Å². The first kappa shape index (κ1) is 13.4. The predicted octanol–water partition coefficient (Wildman–Crippen LogP) is 5.02. The van der Waals surface area contributed by atoms with Crippen LogP contribution in [0.15, 0.2) is 18.2 Å². The zero-order valence-corrected chi connectivity index (χ0v) is 11.4. The van der Waals surface area contributed by atoms with Gasteiger partial charge in [0.2, 0.25) is 0 Å². The van der Waals surface area contributed by atoms with Crippen LogP contribution in [0.1, 0.15) is 12.5 Å². The molecule has 1 rings (SSSR count). The third-order valence-corrected chi connectivity index (χ3v) is 4.29. The summed E-state index contributed by atoms with van der Waals surface area (Å²) < 4.78 is 0. The second-order valence-electron chi connectivity index (χ2n) is 4.00. The molecule has 0 spiro atoms. The van der Waals surface area contributed by atoms with E-state index in [1.807, 2.05) is 12.1 Å². The Morgan fingerprint density at radius 3 is 2.13 bits per heavy atom. The minimum atomic E-state index is -0.0970. The second-order valence-corrected chi connectivity index (χ2v) is 5.35. The zero-order chi connectivity index (χ0) is 11.5. The topological polar surface area (TPSA) is 0 Å². The van der Waals surface area contributed by atoms with Gasteiger partial charge in [0.05, 0.1) is 10.0 Å². The predicted molar refractivity (Wildman–Crippen MR) is 69.7 cm³/mol. The van der Waals surface area contributed by atoms with Gasteiger partial charge in [-0.3, -0.25) is 0 Å². The lowest BCUT2D eigenvalue weighted by molar-refractivity contribution is 0.425. The van der Waals surface area contributed by atoms with Gasteiger partial charge in [-0.2, -0.15) is 0 Å². The van der Waals surface area contributed by atoms with Crippen molar-refractivity contribution in [3.63, 3.8) is 0 Å². The molecule has 0 aliphatic heterocycles. The first-order chi connectivity index (χ1) is 7.00. The lowest BCUT2D eigenvalue weighted by Crippen LogP contribution is -2.23. The first-order valence-electron chi connectivity index (χ1n) is 4.56. The molecule has 0 bridgehead atoms. The maximum absolute atomic E-state index is 5.93. The van der Waals surface area contributed by atoms with Crippen molar-refractivity contribution in [2.45, 2.75) is 13.3 Å². The summed E-state index contributed by atoms with van der Waals surface area (Å²) in [7, 11) is 0. The van der Waals surface area contributed by atoms with Crippen molar-refractivity contribution in [1.82, 2.24) is 0 Å². The van der Waals surface area contributed by atoms with Gasteiger partial charge in [-0.05, 0) is 29.5 Å². The summed E-state index contributed by atoms with van der Waals surface area (Å²) in [5.41, 5.74) is 1.01. The summed E-state index contributed by atoms with van der Waals surface area (Å²) in [6.07, 6.45) is 0.802. The van der Waals surface area contributed by atoms with Crippen LogP contribution in [0.3, 0.4) is 0 Å². The molecule has 15 heavy (non-hydrogen) atoms. The van der Waals surface area contributed by atoms with Gasteiger partial charge in [0, 0.05) is 11.8 Å². The summed E-state index contributed by atoms with van der Waals surface area (Å²) in [6, 6.07) is 5.61. The minimum Gasteiger partial charge on any atom is -0.126 e. The molecule has 0 aromatic heterocycles. The summed E-state index contributed by atoms with van der Waals surface area (Å²) in [5, 5.41) is 1.14. The average Bonchev–Trinajstić information content (AvgIpc) is 2.23. The molecule has 0 nitrogen and oxygen atoms in total. The third kappa shape index (κ3) is 3.71. The van der Waals surface area contributed by atoms with Crippen molar-refractivity contribution in [2.24, 2.45) is 5.41 Å². The molecule has 0 radical (unpaired) electrons. The Bertz CT molecular complexity index is 331. The molecule has 84 valence electrons. The van der Waals surface area contributed by atoms with E-state index in [1.165, 1.54) is 0 Å². The molecule has 0 unspecified atom stereocenters. The van der Waals surface area contributed by atoms with Crippen LogP contribution in [0, 0.1) is 5.41 Å². The van der Waals surface area contributed by atoms with Crippen LogP contribution < -0.4 is 0 Å². The van der Waals surface area contributed by atoms with Crippen molar-refractivity contribution in [2.75, 3.05) is 11.8 Å². The molecule has 0 aliphatic carbocycles. The van der Waals surface area contributed by atoms with Crippen LogP contribution in [-0.4, -0.2) is 11.8 Å². The smallest absolute Gasteiger partial charge is 0.0595 e. The van der Waals surface area contributed by atoms with Gasteiger partial charge in [0.15, 0.2) is 0 Å². The number of alkyl halides is 2. The van der Waals surface area contributed by atoms with Crippen molar-refractivity contribution >= 4 is 46.4 Å². The molecule has 0 amide bonds. The number of rotatable bonds is 4. The molecular formula is C11H12Cl4. The van der Waals surface area contributed by atoms with Gasteiger partial charge in [-0.25, -0.2) is 0 Å². The molecule has 0 N–H and O–H groups in total. The fraction of sp³-hybridized carbons (Fsp3) is 0.455. The SMILES string of the molecule is CC(CCl)(CCl)Cc1ccc(Cl)c(Cl)c1. The summed E-state index contributed by atoms with van der Waals surface area (Å²) in [4.78, 5) is 0. The van der Waals surface area contributed by atoms with E-state index >= 15 is 0 Å². The lowest BCUT2D eigenvalue weighted by atomic mass is 9.87. The second kappa shape index (κ2) is 5.63. The van der Waals surface area contributed by atoms with Crippen molar-refractivity contribution in [3.05, 3.63) is 33.8 Å². The van der Waals surface area contributed by atoms with E-state index in [2.05, 4.69) is 6.92 Å². The Hall–Kier alpha value is 0.380. The summed E-state index contributed by atoms with van der Waals surface area (Å²) >= 11 is 23.5. The fourth-order valence-electron chi connectivity index (χ4n) is 1.27. The Kier molecular flexibility index (Phi) is 5.05. The number of benzene rings is 1. The van der Waals surface area contributed by atoms with Gasteiger partial charge in [0.1, 0.15) is 0 Å². The fourth-order valence-corrected chi connectivity index (χ4v) is 2.07. The largest absolute Gasteiger partial charge is 0.126 e. The highest BCUT2D eigenvalue weighted by Crippen LogP contribution is 2.29. The van der Waals surface area contributed by atoms with Crippen molar-refractivity contribution in [1.29, 1.82) is 0 Å². The highest BCUT2D eigenvalue weighted by molar-refractivity contribution is 6.42. The minimum absolute atomic E-state index is 0.0970. The van der Waals surface area contributed by atoms with Crippen LogP contribution in [0.5, 0.6) is 0 Å². The van der Waals surface area contributed by atoms with Crippen LogP contribution >= 0.6 is 46.4 Å². The zero-order valence-electron chi connectivity index (χ0n) is 8.37. The normalized spacial score (nSPS) is 11.8. The van der Waals surface area contributed by atoms with Gasteiger partial charge < -0.3 is 0 Å². The quantitative estimate of drug-likeness (QED) is 0.682. The highest BCUT2D eigenvalue weighted by atomic mass is 35.5. The van der Waals surface area contributed by atoms with E-state index in [0.29, 0.717) is 21.8 Å². The van der Waals surface area contributed by atoms with Crippen LogP contribution in [0.25, 0.3) is 0 Å². The summed E-state index contributed by atoms with van der Waals surface area (Å²) in [5.74, 6) is 1.05. The van der Waals surface area contributed by atoms with E-state index in [0.717, 1.165) is 12.0 Å². The Labute approximate surface area is 110 Å². The van der Waals surface area contributed by atoms with Crippen molar-refractivity contribution in [3.8, 4) is 0 Å². The molecule has 0 heterocycles. The summed E-state index contributed by atoms with van der Waals surface area (Å²) in [6.45, 7) is 2.05. The van der Waals surface area contributed by atoms with E-state index in [1.54, 1.807) is 6.07 Å². The van der Waals surface area contributed by atoms with E-state index < -0.39 is 0 Å². The van der Waals surface area contributed by atoms with Crippen LogP contribution in [0.4, 0.5) is 0 Å². The van der Waals surface area contributed by atoms with Crippen LogP contribution in [-0.2, 0) is 6.42 Å². The molecule has 0 saturated heterocycles. The standard InChI is InChI=1S/C11H12Cl4/c1-11(6-12,7-13)5-8-2-3-9(14)10(15)4-8/h2-4H,5-7H2,1H3. The maximum Gasteiger partial charge on any atom is 0.0595 e. The molecule has 0 saturated carbocycles. The van der Waals surface area contributed by atoms with Gasteiger partial charge >= 0.3 is 0 Å². The van der Waals surface area contributed by atoms with Gasteiger partial charge in [-0.15, -0.1) is 23.2 Å².